The van der Waals surface area contributed by atoms with Crippen LogP contribution in [0, 0.1) is 13.8 Å². The van der Waals surface area contributed by atoms with E-state index in [0.717, 1.165) is 28.0 Å². The molecule has 0 aromatic heterocycles. The highest BCUT2D eigenvalue weighted by Crippen LogP contribution is 2.32. The summed E-state index contributed by atoms with van der Waals surface area (Å²) in [4.78, 5) is 39.4. The van der Waals surface area contributed by atoms with Crippen molar-refractivity contribution in [1.82, 2.24) is 5.01 Å². The van der Waals surface area contributed by atoms with Crippen molar-refractivity contribution in [3.8, 4) is 0 Å². The Balaban J connectivity index is 1.47. The SMILES string of the molecule is CCc1ccc(N2C(=O)C3N=NN(CC(=O)Nc4ccc(C)c(C)c4)C3C2=O)cc1. The number of carbonyl (C=O) groups excluding carboxylic acids is 3. The van der Waals surface area contributed by atoms with Crippen LogP contribution in [0.4, 0.5) is 11.4 Å². The van der Waals surface area contributed by atoms with Gasteiger partial charge in [-0.2, -0.15) is 5.11 Å². The first-order chi connectivity index (χ1) is 14.4. The van der Waals surface area contributed by atoms with Crippen molar-refractivity contribution >= 4 is 29.1 Å². The van der Waals surface area contributed by atoms with Gasteiger partial charge in [-0.25, -0.2) is 4.90 Å². The van der Waals surface area contributed by atoms with Crippen LogP contribution in [0.5, 0.6) is 0 Å². The minimum absolute atomic E-state index is 0.167. The molecule has 2 heterocycles. The minimum atomic E-state index is -0.919. The third kappa shape index (κ3) is 3.45. The molecule has 2 aromatic carbocycles. The summed E-state index contributed by atoms with van der Waals surface area (Å²) in [6.45, 7) is 5.83. The number of aryl methyl sites for hydroxylation is 3. The van der Waals surface area contributed by atoms with Crippen LogP contribution in [0.2, 0.25) is 0 Å². The number of rotatable bonds is 5. The Morgan fingerprint density at radius 2 is 1.77 bits per heavy atom. The number of benzene rings is 2. The van der Waals surface area contributed by atoms with E-state index in [4.69, 9.17) is 0 Å². The van der Waals surface area contributed by atoms with Crippen molar-refractivity contribution in [3.05, 3.63) is 59.2 Å². The number of hydrogen-bond donors (Lipinski definition) is 1. The van der Waals surface area contributed by atoms with Crippen molar-refractivity contribution in [2.75, 3.05) is 16.8 Å². The molecule has 1 N–H and O–H groups in total. The van der Waals surface area contributed by atoms with Gasteiger partial charge in [0.1, 0.15) is 6.54 Å². The van der Waals surface area contributed by atoms with Crippen LogP contribution in [0.25, 0.3) is 0 Å². The fourth-order valence-electron chi connectivity index (χ4n) is 3.66. The molecule has 3 amide bonds. The Morgan fingerprint density at radius 3 is 2.43 bits per heavy atom. The van der Waals surface area contributed by atoms with Crippen LogP contribution >= 0.6 is 0 Å². The average molecular weight is 405 g/mol. The van der Waals surface area contributed by atoms with Gasteiger partial charge >= 0.3 is 0 Å². The van der Waals surface area contributed by atoms with Gasteiger partial charge < -0.3 is 5.32 Å². The smallest absolute Gasteiger partial charge is 0.263 e. The summed E-state index contributed by atoms with van der Waals surface area (Å²) in [6.07, 6.45) is 0.866. The summed E-state index contributed by atoms with van der Waals surface area (Å²) in [5.74, 6) is -1.17. The van der Waals surface area contributed by atoms with Crippen LogP contribution in [-0.4, -0.2) is 41.4 Å². The predicted octanol–water partition coefficient (Wildman–Crippen LogP) is 2.80. The van der Waals surface area contributed by atoms with Gasteiger partial charge in [-0.3, -0.25) is 19.4 Å². The zero-order valence-electron chi connectivity index (χ0n) is 17.1. The number of carbonyl (C=O) groups is 3. The van der Waals surface area contributed by atoms with Crippen LogP contribution in [0.3, 0.4) is 0 Å². The first kappa shape index (κ1) is 19.8. The van der Waals surface area contributed by atoms with Crippen molar-refractivity contribution in [2.24, 2.45) is 10.3 Å². The van der Waals surface area contributed by atoms with Gasteiger partial charge in [0.25, 0.3) is 11.8 Å². The summed E-state index contributed by atoms with van der Waals surface area (Å²) in [7, 11) is 0. The van der Waals surface area contributed by atoms with E-state index in [2.05, 4.69) is 15.7 Å². The van der Waals surface area contributed by atoms with Crippen molar-refractivity contribution in [2.45, 2.75) is 39.3 Å². The highest BCUT2D eigenvalue weighted by Gasteiger charge is 2.55. The number of amides is 3. The molecule has 8 heteroatoms. The lowest BCUT2D eigenvalue weighted by Crippen LogP contribution is -2.43. The molecule has 2 aliphatic rings. The van der Waals surface area contributed by atoms with E-state index in [1.54, 1.807) is 12.1 Å². The van der Waals surface area contributed by atoms with Gasteiger partial charge in [-0.15, -0.1) is 0 Å². The minimum Gasteiger partial charge on any atom is -0.324 e. The quantitative estimate of drug-likeness (QED) is 0.774. The van der Waals surface area contributed by atoms with Crippen LogP contribution in [0.1, 0.15) is 23.6 Å². The number of nitrogens with zero attached hydrogens (tertiary/aromatic N) is 4. The monoisotopic (exact) mass is 405 g/mol. The predicted molar refractivity (Wildman–Crippen MR) is 112 cm³/mol. The number of nitrogens with one attached hydrogen (secondary N) is 1. The van der Waals surface area contributed by atoms with Crippen LogP contribution < -0.4 is 10.2 Å². The summed E-state index contributed by atoms with van der Waals surface area (Å²) >= 11 is 0. The van der Waals surface area contributed by atoms with E-state index in [1.165, 1.54) is 5.01 Å². The Bertz CT molecular complexity index is 1050. The molecular formula is C22H23N5O3. The van der Waals surface area contributed by atoms with Gasteiger partial charge in [0, 0.05) is 5.69 Å². The lowest BCUT2D eigenvalue weighted by Gasteiger charge is -2.20. The van der Waals surface area contributed by atoms with E-state index >= 15 is 0 Å². The molecule has 4 rings (SSSR count). The fraction of sp³-hybridized carbons (Fsp3) is 0.318. The molecule has 0 radical (unpaired) electrons. The molecule has 2 aliphatic heterocycles. The first-order valence-corrected chi connectivity index (χ1v) is 9.90. The Hall–Kier alpha value is -3.55. The summed E-state index contributed by atoms with van der Waals surface area (Å²) in [6, 6.07) is 11.1. The third-order valence-electron chi connectivity index (χ3n) is 5.56. The molecule has 8 nitrogen and oxygen atoms in total. The maximum absolute atomic E-state index is 13.0. The van der Waals surface area contributed by atoms with Gasteiger partial charge in [-0.1, -0.05) is 30.3 Å². The molecule has 0 aliphatic carbocycles. The average Bonchev–Trinajstić information content (AvgIpc) is 3.24. The Kier molecular flexibility index (Phi) is 5.07. The zero-order valence-corrected chi connectivity index (χ0v) is 17.1. The van der Waals surface area contributed by atoms with Crippen molar-refractivity contribution in [1.29, 1.82) is 0 Å². The molecule has 2 unspecified atom stereocenters. The standard InChI is InChI=1S/C22H23N5O3/c1-4-15-6-9-17(10-7-15)27-21(29)19-20(22(27)30)26(25-24-19)12-18(28)23-16-8-5-13(2)14(3)11-16/h5-11,19-20H,4,12H2,1-3H3,(H,23,28). The lowest BCUT2D eigenvalue weighted by molar-refractivity contribution is -0.123. The molecule has 0 saturated carbocycles. The fourth-order valence-corrected chi connectivity index (χ4v) is 3.66. The molecular weight excluding hydrogens is 382 g/mol. The number of anilines is 2. The molecule has 2 aromatic rings. The van der Waals surface area contributed by atoms with Crippen molar-refractivity contribution in [3.63, 3.8) is 0 Å². The van der Waals surface area contributed by atoms with E-state index in [9.17, 15) is 14.4 Å². The van der Waals surface area contributed by atoms with Gasteiger partial charge in [0.2, 0.25) is 5.91 Å². The molecule has 1 saturated heterocycles. The zero-order chi connectivity index (χ0) is 21.4. The largest absolute Gasteiger partial charge is 0.324 e. The molecule has 0 bridgehead atoms. The third-order valence-corrected chi connectivity index (χ3v) is 5.56. The normalized spacial score (nSPS) is 20.1. The molecule has 1 fully saturated rings. The molecule has 0 spiro atoms. The van der Waals surface area contributed by atoms with Gasteiger partial charge in [0.05, 0.1) is 5.69 Å². The van der Waals surface area contributed by atoms with Gasteiger partial charge in [0.15, 0.2) is 12.1 Å². The lowest BCUT2D eigenvalue weighted by atomic mass is 10.1. The molecule has 154 valence electrons. The van der Waals surface area contributed by atoms with E-state index < -0.39 is 23.9 Å². The summed E-state index contributed by atoms with van der Waals surface area (Å²) in [5, 5.41) is 12.0. The van der Waals surface area contributed by atoms with Gasteiger partial charge in [-0.05, 0) is 61.2 Å². The summed E-state index contributed by atoms with van der Waals surface area (Å²) in [5.41, 5.74) is 4.48. The maximum atomic E-state index is 13.0. The van der Waals surface area contributed by atoms with E-state index in [-0.39, 0.29) is 12.5 Å². The van der Waals surface area contributed by atoms with E-state index in [0.29, 0.717) is 11.4 Å². The number of imide groups is 1. The second-order valence-electron chi connectivity index (χ2n) is 7.57. The Labute approximate surface area is 174 Å². The Morgan fingerprint density at radius 1 is 1.03 bits per heavy atom. The second-order valence-corrected chi connectivity index (χ2v) is 7.57. The van der Waals surface area contributed by atoms with E-state index in [1.807, 2.05) is 51.1 Å². The maximum Gasteiger partial charge on any atom is 0.263 e. The highest BCUT2D eigenvalue weighted by molar-refractivity contribution is 6.25. The second kappa shape index (κ2) is 7.70. The summed E-state index contributed by atoms with van der Waals surface area (Å²) < 4.78 is 0. The van der Waals surface area contributed by atoms with Crippen LogP contribution in [-0.2, 0) is 20.8 Å². The first-order valence-electron chi connectivity index (χ1n) is 9.90. The number of fused-ring (bicyclic) bond motifs is 1. The number of hydrogen-bond acceptors (Lipinski definition) is 6. The van der Waals surface area contributed by atoms with Crippen LogP contribution in [0.15, 0.2) is 52.8 Å². The molecule has 30 heavy (non-hydrogen) atoms. The topological polar surface area (TPSA) is 94.4 Å². The highest BCUT2D eigenvalue weighted by atomic mass is 16.2. The molecule has 2 atom stereocenters. The van der Waals surface area contributed by atoms with Crippen molar-refractivity contribution < 1.29 is 14.4 Å².